The molecule has 3 amide bonds. The highest BCUT2D eigenvalue weighted by Gasteiger charge is 2.38. The molecule has 3 fully saturated rings. The van der Waals surface area contributed by atoms with E-state index >= 15 is 0 Å². The first-order valence-electron chi connectivity index (χ1n) is 16.9. The van der Waals surface area contributed by atoms with Gasteiger partial charge < -0.3 is 19.9 Å². The molecule has 1 aromatic carbocycles. The van der Waals surface area contributed by atoms with Crippen molar-refractivity contribution >= 4 is 39.7 Å². The van der Waals surface area contributed by atoms with Gasteiger partial charge in [0.1, 0.15) is 12.1 Å². The van der Waals surface area contributed by atoms with Gasteiger partial charge in [0.2, 0.25) is 27.7 Å². The summed E-state index contributed by atoms with van der Waals surface area (Å²) in [5, 5.41) is 13.9. The van der Waals surface area contributed by atoms with Crippen molar-refractivity contribution < 1.29 is 32.3 Å². The molecule has 0 spiro atoms. The van der Waals surface area contributed by atoms with Crippen LogP contribution in [0.25, 0.3) is 0 Å². The lowest BCUT2D eigenvalue weighted by molar-refractivity contribution is -0.146. The Morgan fingerprint density at radius 2 is 1.62 bits per heavy atom. The number of hydrogen-bond acceptors (Lipinski definition) is 8. The molecule has 0 radical (unpaired) electrons. The molecule has 4 N–H and O–H groups in total. The fourth-order valence-electron chi connectivity index (χ4n) is 6.64. The first kappa shape index (κ1) is 36.3. The molecule has 3 aliphatic rings. The zero-order valence-corrected chi connectivity index (χ0v) is 28.2. The maximum Gasteiger partial charge on any atom is 0.306 e. The Morgan fingerprint density at radius 3 is 2.30 bits per heavy atom. The highest BCUT2D eigenvalue weighted by Crippen LogP contribution is 2.24. The van der Waals surface area contributed by atoms with E-state index in [1.54, 1.807) is 4.90 Å². The van der Waals surface area contributed by atoms with Crippen LogP contribution in [0.1, 0.15) is 76.2 Å². The lowest BCUT2D eigenvalue weighted by atomic mass is 9.90. The second-order valence-electron chi connectivity index (χ2n) is 13.1. The number of piperidine rings is 1. The number of nitrogens with one attached hydrogen (secondary N) is 4. The number of guanidine groups is 1. The zero-order valence-electron chi connectivity index (χ0n) is 27.4. The number of hydrogen-bond donors (Lipinski definition) is 4. The fourth-order valence-corrected chi connectivity index (χ4v) is 7.34. The molecule has 0 unspecified atom stereocenters. The number of amides is 3. The fraction of sp³-hybridized carbons (Fsp3) is 0.667. The Kier molecular flexibility index (Phi) is 13.6. The minimum Gasteiger partial charge on any atom is -0.465 e. The third-order valence-electron chi connectivity index (χ3n) is 9.29. The summed E-state index contributed by atoms with van der Waals surface area (Å²) < 4.78 is 31.9. The lowest BCUT2D eigenvalue weighted by Gasteiger charge is -2.34. The standard InChI is InChI=1S/C33H50N6O7S/c1-47(44,45)37-27(21-24-9-4-2-5-10-24)32(43)39-18-8-13-28(39)31(42)35-22-25-16-19-38(20-17-25)33(34)36-29(40)14-15-30(41)46-23-26-11-6-3-7-12-26/h2,4-5,9-10,25-28,37H,3,6-8,11-23H2,1H3,(H,35,42)(H2,34,36,40)/t27-,28+/m1/s1. The first-order valence-corrected chi connectivity index (χ1v) is 18.8. The van der Waals surface area contributed by atoms with Gasteiger partial charge in [0.05, 0.1) is 19.3 Å². The minimum absolute atomic E-state index is 0.000860. The van der Waals surface area contributed by atoms with Crippen molar-refractivity contribution in [2.24, 2.45) is 11.8 Å². The van der Waals surface area contributed by atoms with E-state index in [4.69, 9.17) is 10.1 Å². The van der Waals surface area contributed by atoms with Crippen LogP contribution in [0.3, 0.4) is 0 Å². The lowest BCUT2D eigenvalue weighted by Crippen LogP contribution is -2.54. The normalized spacial score (nSPS) is 20.0. The summed E-state index contributed by atoms with van der Waals surface area (Å²) in [5.74, 6) is -0.866. The Morgan fingerprint density at radius 1 is 0.915 bits per heavy atom. The minimum atomic E-state index is -3.67. The molecule has 2 heterocycles. The molecular formula is C33H50N6O7S. The summed E-state index contributed by atoms with van der Waals surface area (Å²) >= 11 is 0. The summed E-state index contributed by atoms with van der Waals surface area (Å²) in [6, 6.07) is 7.47. The average molecular weight is 675 g/mol. The van der Waals surface area contributed by atoms with Gasteiger partial charge in [0.25, 0.3) is 0 Å². The van der Waals surface area contributed by atoms with E-state index in [1.165, 1.54) is 24.2 Å². The van der Waals surface area contributed by atoms with Crippen molar-refractivity contribution in [3.05, 3.63) is 35.9 Å². The maximum absolute atomic E-state index is 13.5. The first-order chi connectivity index (χ1) is 22.5. The number of carbonyl (C=O) groups is 4. The predicted octanol–water partition coefficient (Wildman–Crippen LogP) is 1.92. The monoisotopic (exact) mass is 674 g/mol. The van der Waals surface area contributed by atoms with Crippen LogP contribution in [0.5, 0.6) is 0 Å². The van der Waals surface area contributed by atoms with Crippen molar-refractivity contribution in [3.63, 3.8) is 0 Å². The highest BCUT2D eigenvalue weighted by atomic mass is 32.2. The number of carbonyl (C=O) groups excluding carboxylic acids is 4. The van der Waals surface area contributed by atoms with Crippen LogP contribution in [0.4, 0.5) is 0 Å². The van der Waals surface area contributed by atoms with Crippen molar-refractivity contribution in [1.82, 2.24) is 25.2 Å². The molecule has 2 atom stereocenters. The summed E-state index contributed by atoms with van der Waals surface area (Å²) in [6.07, 6.45) is 9.45. The molecule has 4 rings (SSSR count). The number of likely N-dealkylation sites (tertiary alicyclic amines) is 2. The van der Waals surface area contributed by atoms with Crippen LogP contribution < -0.4 is 15.4 Å². The van der Waals surface area contributed by atoms with Crippen LogP contribution in [0.15, 0.2) is 30.3 Å². The summed E-state index contributed by atoms with van der Waals surface area (Å²) in [5.41, 5.74) is 0.811. The van der Waals surface area contributed by atoms with Crippen molar-refractivity contribution in [1.29, 1.82) is 5.41 Å². The van der Waals surface area contributed by atoms with Gasteiger partial charge in [0.15, 0.2) is 5.96 Å². The Balaban J connectivity index is 1.16. The SMILES string of the molecule is CS(=O)(=O)N[C@H](Cc1ccccc1)C(=O)N1CCC[C@H]1C(=O)NCC1CCN(C(=N)NC(=O)CCC(=O)OCC2CCCCC2)CC1. The number of esters is 1. The third-order valence-corrected chi connectivity index (χ3v) is 10.0. The molecule has 0 aromatic heterocycles. The summed E-state index contributed by atoms with van der Waals surface area (Å²) in [4.78, 5) is 54.4. The van der Waals surface area contributed by atoms with Crippen molar-refractivity contribution in [2.45, 2.75) is 89.1 Å². The maximum atomic E-state index is 13.5. The molecule has 2 aliphatic heterocycles. The topological polar surface area (TPSA) is 178 Å². The smallest absolute Gasteiger partial charge is 0.306 e. The predicted molar refractivity (Wildman–Crippen MR) is 177 cm³/mol. The van der Waals surface area contributed by atoms with Gasteiger partial charge in [-0.3, -0.25) is 29.9 Å². The van der Waals surface area contributed by atoms with Gasteiger partial charge in [-0.1, -0.05) is 49.6 Å². The zero-order chi connectivity index (χ0) is 33.8. The van der Waals surface area contributed by atoms with Crippen LogP contribution in [-0.2, 0) is 40.4 Å². The number of sulfonamides is 1. The summed E-state index contributed by atoms with van der Waals surface area (Å²) in [7, 11) is -3.67. The van der Waals surface area contributed by atoms with E-state index in [0.29, 0.717) is 64.4 Å². The Bertz CT molecular complexity index is 1340. The molecule has 260 valence electrons. The van der Waals surface area contributed by atoms with Gasteiger partial charge in [-0.15, -0.1) is 0 Å². The molecular weight excluding hydrogens is 624 g/mol. The Hall–Kier alpha value is -3.52. The highest BCUT2D eigenvalue weighted by molar-refractivity contribution is 7.88. The van der Waals surface area contributed by atoms with Crippen LogP contribution in [0.2, 0.25) is 0 Å². The number of benzene rings is 1. The number of rotatable bonds is 13. The molecule has 2 saturated heterocycles. The van der Waals surface area contributed by atoms with E-state index in [2.05, 4.69) is 15.4 Å². The summed E-state index contributed by atoms with van der Waals surface area (Å²) in [6.45, 7) is 2.29. The third kappa shape index (κ3) is 11.9. The van der Waals surface area contributed by atoms with Crippen LogP contribution >= 0.6 is 0 Å². The molecule has 1 aromatic rings. The van der Waals surface area contributed by atoms with Gasteiger partial charge in [0, 0.05) is 32.6 Å². The van der Waals surface area contributed by atoms with Gasteiger partial charge in [-0.2, -0.15) is 0 Å². The molecule has 47 heavy (non-hydrogen) atoms. The molecule has 1 aliphatic carbocycles. The van der Waals surface area contributed by atoms with Crippen LogP contribution in [-0.4, -0.2) is 99.0 Å². The van der Waals surface area contributed by atoms with E-state index in [0.717, 1.165) is 24.7 Å². The van der Waals surface area contributed by atoms with Crippen molar-refractivity contribution in [3.8, 4) is 0 Å². The molecule has 13 nitrogen and oxygen atoms in total. The van der Waals surface area contributed by atoms with Crippen molar-refractivity contribution in [2.75, 3.05) is 39.0 Å². The van der Waals surface area contributed by atoms with E-state index < -0.39 is 33.9 Å². The average Bonchev–Trinajstić information content (AvgIpc) is 3.55. The molecule has 1 saturated carbocycles. The second-order valence-corrected chi connectivity index (χ2v) is 14.9. The molecule has 14 heteroatoms. The quantitative estimate of drug-likeness (QED) is 0.139. The van der Waals surface area contributed by atoms with Gasteiger partial charge in [-0.25, -0.2) is 13.1 Å². The Labute approximate surface area is 278 Å². The largest absolute Gasteiger partial charge is 0.465 e. The van der Waals surface area contributed by atoms with E-state index in [1.807, 2.05) is 30.3 Å². The number of nitrogens with zero attached hydrogens (tertiary/aromatic N) is 2. The van der Waals surface area contributed by atoms with E-state index in [9.17, 15) is 27.6 Å². The van der Waals surface area contributed by atoms with E-state index in [-0.39, 0.29) is 43.0 Å². The molecule has 0 bridgehead atoms. The van der Waals surface area contributed by atoms with Crippen LogP contribution in [0, 0.1) is 17.2 Å². The van der Waals surface area contributed by atoms with Gasteiger partial charge in [-0.05, 0) is 62.3 Å². The van der Waals surface area contributed by atoms with Gasteiger partial charge >= 0.3 is 5.97 Å². The number of ether oxygens (including phenoxy) is 1. The second kappa shape index (κ2) is 17.6.